The molecule has 0 radical (unpaired) electrons. The molecular weight excluding hydrogens is 376 g/mol. The highest BCUT2D eigenvalue weighted by molar-refractivity contribution is 7.21. The third-order valence-electron chi connectivity index (χ3n) is 4.12. The number of nitrogens with one attached hydrogen (secondary N) is 1. The number of hydrogen-bond donors (Lipinski definition) is 2. The predicted octanol–water partition coefficient (Wildman–Crippen LogP) is 3.55. The quantitative estimate of drug-likeness (QED) is 0.653. The van der Waals surface area contributed by atoms with Gasteiger partial charge in [-0.05, 0) is 50.6 Å². The first kappa shape index (κ1) is 19.3. The van der Waals surface area contributed by atoms with Crippen LogP contribution in [0.1, 0.15) is 33.4 Å². The molecule has 3 aromatic rings. The van der Waals surface area contributed by atoms with Gasteiger partial charge in [0.2, 0.25) is 0 Å². The monoisotopic (exact) mass is 394 g/mol. The van der Waals surface area contributed by atoms with Gasteiger partial charge in [-0.25, -0.2) is 9.78 Å². The summed E-state index contributed by atoms with van der Waals surface area (Å²) in [6.07, 6.45) is -1.04. The number of aryl methyl sites for hydroxylation is 2. The van der Waals surface area contributed by atoms with Crippen LogP contribution >= 0.6 is 11.3 Å². The Hall–Kier alpha value is -3.44. The summed E-state index contributed by atoms with van der Waals surface area (Å²) in [7, 11) is 0. The average molecular weight is 394 g/mol. The van der Waals surface area contributed by atoms with E-state index in [9.17, 15) is 9.59 Å². The van der Waals surface area contributed by atoms with E-state index in [1.165, 1.54) is 13.0 Å². The molecule has 0 saturated carbocycles. The summed E-state index contributed by atoms with van der Waals surface area (Å²) in [5.74, 6) is -1.18. The SMILES string of the molecule is Cc1cc(C)c2c(N)c(C(=O)OC(C)C(=O)Nc3cccc(C#N)c3)sc2n1. The van der Waals surface area contributed by atoms with Crippen LogP contribution in [-0.2, 0) is 9.53 Å². The number of rotatable bonds is 4. The number of nitrogens with two attached hydrogens (primary N) is 1. The minimum Gasteiger partial charge on any atom is -0.448 e. The number of thiophene rings is 1. The molecule has 0 aliphatic rings. The molecule has 2 heterocycles. The Labute approximate surface area is 165 Å². The minimum absolute atomic E-state index is 0.224. The lowest BCUT2D eigenvalue weighted by molar-refractivity contribution is -0.123. The van der Waals surface area contributed by atoms with Crippen LogP contribution in [0.3, 0.4) is 0 Å². The van der Waals surface area contributed by atoms with Gasteiger partial charge in [0.25, 0.3) is 5.91 Å². The van der Waals surface area contributed by atoms with Crippen molar-refractivity contribution in [3.8, 4) is 6.07 Å². The van der Waals surface area contributed by atoms with Gasteiger partial charge in [-0.3, -0.25) is 4.79 Å². The highest BCUT2D eigenvalue weighted by atomic mass is 32.1. The molecule has 28 heavy (non-hydrogen) atoms. The molecule has 8 heteroatoms. The molecule has 1 aromatic carbocycles. The van der Waals surface area contributed by atoms with Crippen LogP contribution < -0.4 is 11.1 Å². The predicted molar refractivity (Wildman–Crippen MR) is 108 cm³/mol. The van der Waals surface area contributed by atoms with E-state index in [2.05, 4.69) is 10.3 Å². The topological polar surface area (TPSA) is 118 Å². The van der Waals surface area contributed by atoms with E-state index in [-0.39, 0.29) is 4.88 Å². The van der Waals surface area contributed by atoms with E-state index in [0.717, 1.165) is 28.0 Å². The average Bonchev–Trinajstić information content (AvgIpc) is 2.98. The van der Waals surface area contributed by atoms with Gasteiger partial charge in [-0.15, -0.1) is 11.3 Å². The fourth-order valence-corrected chi connectivity index (χ4v) is 3.90. The van der Waals surface area contributed by atoms with E-state index in [0.29, 0.717) is 21.8 Å². The van der Waals surface area contributed by atoms with Gasteiger partial charge in [-0.2, -0.15) is 5.26 Å². The number of nitrogen functional groups attached to an aromatic ring is 1. The molecule has 0 spiro atoms. The number of ether oxygens (including phenoxy) is 1. The zero-order valence-electron chi connectivity index (χ0n) is 15.6. The van der Waals surface area contributed by atoms with Gasteiger partial charge >= 0.3 is 5.97 Å². The molecule has 0 fully saturated rings. The maximum atomic E-state index is 12.6. The van der Waals surface area contributed by atoms with Crippen molar-refractivity contribution >= 4 is 44.8 Å². The van der Waals surface area contributed by atoms with Gasteiger partial charge < -0.3 is 15.8 Å². The van der Waals surface area contributed by atoms with E-state index < -0.39 is 18.0 Å². The number of nitrogens with zero attached hydrogens (tertiary/aromatic N) is 2. The first-order valence-corrected chi connectivity index (χ1v) is 9.30. The third-order valence-corrected chi connectivity index (χ3v) is 5.20. The smallest absolute Gasteiger partial charge is 0.351 e. The zero-order chi connectivity index (χ0) is 20.4. The Morgan fingerprint density at radius 2 is 2.07 bits per heavy atom. The van der Waals surface area contributed by atoms with Crippen LogP contribution in [-0.4, -0.2) is 23.0 Å². The Balaban J connectivity index is 1.76. The van der Waals surface area contributed by atoms with Crippen molar-refractivity contribution in [1.29, 1.82) is 5.26 Å². The van der Waals surface area contributed by atoms with Gasteiger partial charge in [0.1, 0.15) is 9.71 Å². The molecule has 0 aliphatic carbocycles. The largest absolute Gasteiger partial charge is 0.448 e. The Bertz CT molecular complexity index is 1130. The number of nitriles is 1. The maximum Gasteiger partial charge on any atom is 0.351 e. The summed E-state index contributed by atoms with van der Waals surface area (Å²) in [5, 5.41) is 12.3. The van der Waals surface area contributed by atoms with E-state index in [1.807, 2.05) is 26.0 Å². The lowest BCUT2D eigenvalue weighted by Gasteiger charge is -2.13. The van der Waals surface area contributed by atoms with Crippen molar-refractivity contribution in [2.75, 3.05) is 11.1 Å². The first-order chi connectivity index (χ1) is 13.3. The van der Waals surface area contributed by atoms with Crippen LogP contribution in [0.4, 0.5) is 11.4 Å². The number of amides is 1. The molecule has 7 nitrogen and oxygen atoms in total. The number of carbonyl (C=O) groups excluding carboxylic acids is 2. The summed E-state index contributed by atoms with van der Waals surface area (Å²) < 4.78 is 5.29. The molecule has 0 saturated heterocycles. The van der Waals surface area contributed by atoms with E-state index in [1.54, 1.807) is 18.2 Å². The van der Waals surface area contributed by atoms with E-state index in [4.69, 9.17) is 15.7 Å². The number of benzene rings is 1. The molecule has 3 rings (SSSR count). The van der Waals surface area contributed by atoms with E-state index >= 15 is 0 Å². The number of hydrogen-bond acceptors (Lipinski definition) is 7. The van der Waals surface area contributed by atoms with Crippen LogP contribution in [0.15, 0.2) is 30.3 Å². The first-order valence-electron chi connectivity index (χ1n) is 8.48. The van der Waals surface area contributed by atoms with Crippen molar-refractivity contribution in [3.05, 3.63) is 52.0 Å². The number of carbonyl (C=O) groups is 2. The highest BCUT2D eigenvalue weighted by Crippen LogP contribution is 2.35. The van der Waals surface area contributed by atoms with Crippen molar-refractivity contribution in [1.82, 2.24) is 4.98 Å². The summed E-state index contributed by atoms with van der Waals surface area (Å²) in [6.45, 7) is 5.24. The maximum absolute atomic E-state index is 12.6. The standard InChI is InChI=1S/C20H18N4O3S/c1-10-7-11(2)23-19-15(10)16(22)17(28-19)20(26)27-12(3)18(25)24-14-6-4-5-13(8-14)9-21/h4-8,12H,22H2,1-3H3,(H,24,25). The molecule has 3 N–H and O–H groups in total. The molecule has 142 valence electrons. The van der Waals surface area contributed by atoms with Crippen molar-refractivity contribution in [2.24, 2.45) is 0 Å². The van der Waals surface area contributed by atoms with Gasteiger partial charge in [0.05, 0.1) is 17.3 Å². The lowest BCUT2D eigenvalue weighted by Crippen LogP contribution is -2.30. The zero-order valence-corrected chi connectivity index (χ0v) is 16.4. The summed E-state index contributed by atoms with van der Waals surface area (Å²) >= 11 is 1.14. The van der Waals surface area contributed by atoms with Crippen LogP contribution in [0.5, 0.6) is 0 Å². The normalized spacial score (nSPS) is 11.6. The van der Waals surface area contributed by atoms with Crippen LogP contribution in [0.25, 0.3) is 10.2 Å². The third kappa shape index (κ3) is 3.80. The Morgan fingerprint density at radius 3 is 2.79 bits per heavy atom. The number of fused-ring (bicyclic) bond motifs is 1. The summed E-state index contributed by atoms with van der Waals surface area (Å²) in [5.41, 5.74) is 9.07. The van der Waals surface area contributed by atoms with Crippen molar-refractivity contribution in [2.45, 2.75) is 26.9 Å². The molecular formula is C20H18N4O3S. The Morgan fingerprint density at radius 1 is 1.32 bits per heavy atom. The summed E-state index contributed by atoms with van der Waals surface area (Å²) in [6, 6.07) is 10.4. The summed E-state index contributed by atoms with van der Waals surface area (Å²) in [4.78, 5) is 30.2. The number of pyridine rings is 1. The number of esters is 1. The molecule has 0 aliphatic heterocycles. The van der Waals surface area contributed by atoms with Gasteiger partial charge in [0.15, 0.2) is 6.10 Å². The Kier molecular flexibility index (Phi) is 5.29. The molecule has 1 amide bonds. The molecule has 1 unspecified atom stereocenters. The second kappa shape index (κ2) is 7.66. The second-order valence-corrected chi connectivity index (χ2v) is 7.33. The van der Waals surface area contributed by atoms with Crippen LogP contribution in [0, 0.1) is 25.2 Å². The number of aromatic nitrogens is 1. The fourth-order valence-electron chi connectivity index (χ4n) is 2.80. The molecule has 2 aromatic heterocycles. The van der Waals surface area contributed by atoms with Gasteiger partial charge in [0, 0.05) is 16.8 Å². The second-order valence-electron chi connectivity index (χ2n) is 6.33. The molecule has 0 bridgehead atoms. The minimum atomic E-state index is -1.04. The number of anilines is 2. The van der Waals surface area contributed by atoms with Gasteiger partial charge in [-0.1, -0.05) is 6.07 Å². The van der Waals surface area contributed by atoms with Crippen LogP contribution in [0.2, 0.25) is 0 Å². The fraction of sp³-hybridized carbons (Fsp3) is 0.200. The van der Waals surface area contributed by atoms with Crippen molar-refractivity contribution in [3.63, 3.8) is 0 Å². The highest BCUT2D eigenvalue weighted by Gasteiger charge is 2.24. The van der Waals surface area contributed by atoms with Crippen molar-refractivity contribution < 1.29 is 14.3 Å². The lowest BCUT2D eigenvalue weighted by atomic mass is 10.1. The molecule has 1 atom stereocenters.